The van der Waals surface area contributed by atoms with E-state index in [0.717, 1.165) is 6.08 Å². The van der Waals surface area contributed by atoms with Gasteiger partial charge >= 0.3 is 0 Å². The van der Waals surface area contributed by atoms with Gasteiger partial charge < -0.3 is 5.32 Å². The van der Waals surface area contributed by atoms with Crippen molar-refractivity contribution in [3.05, 3.63) is 65.0 Å². The maximum Gasteiger partial charge on any atom is 0.262 e. The van der Waals surface area contributed by atoms with Gasteiger partial charge in [0.1, 0.15) is 5.69 Å². The van der Waals surface area contributed by atoms with Crippen molar-refractivity contribution in [1.82, 2.24) is 5.43 Å². The molecule has 0 aromatic heterocycles. The average Bonchev–Trinajstić information content (AvgIpc) is 2.63. The number of hydrogen-bond donors (Lipinski definition) is 3. The van der Waals surface area contributed by atoms with Crippen LogP contribution in [0.3, 0.4) is 0 Å². The fourth-order valence-electron chi connectivity index (χ4n) is 1.93. The van der Waals surface area contributed by atoms with Crippen molar-refractivity contribution in [1.29, 1.82) is 0 Å². The molecule has 142 valence electrons. The Bertz CT molecular complexity index is 885. The Hall–Kier alpha value is -3.43. The van der Waals surface area contributed by atoms with E-state index in [4.69, 9.17) is 0 Å². The Morgan fingerprint density at radius 3 is 1.89 bits per heavy atom. The molecule has 0 fully saturated rings. The first-order valence-corrected chi connectivity index (χ1v) is 7.34. The minimum atomic E-state index is -2.30. The Labute approximate surface area is 149 Å². The summed E-state index contributed by atoms with van der Waals surface area (Å²) in [5.41, 5.74) is 3.16. The zero-order chi connectivity index (χ0) is 20.1. The highest BCUT2D eigenvalue weighted by Crippen LogP contribution is 2.26. The number of amides is 2. The molecule has 0 atom stereocenters. The van der Waals surface area contributed by atoms with E-state index in [1.165, 1.54) is 13.0 Å². The molecular formula is C17H12F5N3O2. The van der Waals surface area contributed by atoms with Crippen molar-refractivity contribution in [2.24, 2.45) is 0 Å². The van der Waals surface area contributed by atoms with Crippen molar-refractivity contribution >= 4 is 29.3 Å². The van der Waals surface area contributed by atoms with Gasteiger partial charge in [-0.25, -0.2) is 22.0 Å². The van der Waals surface area contributed by atoms with Gasteiger partial charge in [-0.3, -0.25) is 20.4 Å². The summed E-state index contributed by atoms with van der Waals surface area (Å²) in [5.74, 6) is -12.0. The van der Waals surface area contributed by atoms with Crippen LogP contribution in [0.1, 0.15) is 12.5 Å². The first-order valence-electron chi connectivity index (χ1n) is 7.34. The standard InChI is InChI=1S/C17H12F5N3O2/c1-8(26)23-10-5-2-9(3-6-10)4-7-11(27)24-25-17-15(21)13(19)12(18)14(20)16(17)22/h2-7,25H,1H3,(H,23,26)(H,24,27)/b7-4+. The molecule has 0 heterocycles. The Balaban J connectivity index is 2.03. The van der Waals surface area contributed by atoms with Crippen molar-refractivity contribution in [2.75, 3.05) is 10.7 Å². The third-order valence-corrected chi connectivity index (χ3v) is 3.18. The lowest BCUT2D eigenvalue weighted by atomic mass is 10.2. The Morgan fingerprint density at radius 1 is 0.852 bits per heavy atom. The number of hydrazine groups is 1. The molecule has 0 radical (unpaired) electrons. The molecule has 2 rings (SSSR count). The number of halogens is 5. The van der Waals surface area contributed by atoms with E-state index in [2.05, 4.69) is 5.32 Å². The molecular weight excluding hydrogens is 373 g/mol. The number of nitrogens with one attached hydrogen (secondary N) is 3. The topological polar surface area (TPSA) is 70.2 Å². The van der Waals surface area contributed by atoms with Crippen LogP contribution < -0.4 is 16.2 Å². The van der Waals surface area contributed by atoms with Crippen LogP contribution in [-0.4, -0.2) is 11.8 Å². The van der Waals surface area contributed by atoms with Gasteiger partial charge in [-0.15, -0.1) is 0 Å². The molecule has 2 amide bonds. The van der Waals surface area contributed by atoms with Gasteiger partial charge in [0.05, 0.1) is 0 Å². The Morgan fingerprint density at radius 2 is 1.37 bits per heavy atom. The summed E-state index contributed by atoms with van der Waals surface area (Å²) in [7, 11) is 0. The van der Waals surface area contributed by atoms with Crippen LogP contribution in [0.25, 0.3) is 6.08 Å². The molecule has 0 aliphatic heterocycles. The first-order chi connectivity index (χ1) is 12.7. The summed E-state index contributed by atoms with van der Waals surface area (Å²) >= 11 is 0. The number of benzene rings is 2. The summed E-state index contributed by atoms with van der Waals surface area (Å²) in [4.78, 5) is 22.5. The van der Waals surface area contributed by atoms with Gasteiger partial charge in [-0.2, -0.15) is 0 Å². The molecule has 0 bridgehead atoms. The molecule has 0 saturated carbocycles. The van der Waals surface area contributed by atoms with Crippen LogP contribution in [0.4, 0.5) is 33.3 Å². The van der Waals surface area contributed by atoms with Gasteiger partial charge in [-0.1, -0.05) is 12.1 Å². The first kappa shape index (κ1) is 19.9. The maximum absolute atomic E-state index is 13.4. The lowest BCUT2D eigenvalue weighted by Gasteiger charge is -2.10. The van der Waals surface area contributed by atoms with Gasteiger partial charge in [0.2, 0.25) is 11.7 Å². The molecule has 0 spiro atoms. The number of hydrogen-bond acceptors (Lipinski definition) is 3. The third kappa shape index (κ3) is 4.81. The molecule has 10 heteroatoms. The molecule has 0 saturated heterocycles. The maximum atomic E-state index is 13.4. The van der Waals surface area contributed by atoms with Crippen molar-refractivity contribution in [3.8, 4) is 0 Å². The predicted molar refractivity (Wildman–Crippen MR) is 87.8 cm³/mol. The fraction of sp³-hybridized carbons (Fsp3) is 0.0588. The van der Waals surface area contributed by atoms with E-state index in [1.54, 1.807) is 35.1 Å². The van der Waals surface area contributed by atoms with Crippen molar-refractivity contribution in [2.45, 2.75) is 6.92 Å². The normalized spacial score (nSPS) is 10.7. The monoisotopic (exact) mass is 385 g/mol. The summed E-state index contributed by atoms with van der Waals surface area (Å²) in [6.45, 7) is 1.34. The predicted octanol–water partition coefficient (Wildman–Crippen LogP) is 3.50. The zero-order valence-corrected chi connectivity index (χ0v) is 13.7. The lowest BCUT2D eigenvalue weighted by molar-refractivity contribution is -0.116. The van der Waals surface area contributed by atoms with E-state index < -0.39 is 40.7 Å². The summed E-state index contributed by atoms with van der Waals surface area (Å²) in [5, 5.41) is 2.55. The number of carbonyl (C=O) groups excluding carboxylic acids is 2. The number of anilines is 2. The number of carbonyl (C=O) groups is 2. The highest BCUT2D eigenvalue weighted by atomic mass is 19.2. The van der Waals surface area contributed by atoms with E-state index >= 15 is 0 Å². The second-order valence-corrected chi connectivity index (χ2v) is 5.20. The third-order valence-electron chi connectivity index (χ3n) is 3.18. The van der Waals surface area contributed by atoms with Crippen LogP contribution in [0.2, 0.25) is 0 Å². The summed E-state index contributed by atoms with van der Waals surface area (Å²) < 4.78 is 65.9. The van der Waals surface area contributed by atoms with E-state index in [0.29, 0.717) is 11.3 Å². The van der Waals surface area contributed by atoms with Crippen LogP contribution in [0, 0.1) is 29.1 Å². The van der Waals surface area contributed by atoms with Crippen LogP contribution in [0.5, 0.6) is 0 Å². The smallest absolute Gasteiger partial charge is 0.262 e. The minimum absolute atomic E-state index is 0.253. The fourth-order valence-corrected chi connectivity index (χ4v) is 1.93. The van der Waals surface area contributed by atoms with Crippen LogP contribution >= 0.6 is 0 Å². The van der Waals surface area contributed by atoms with Gasteiger partial charge in [0.25, 0.3) is 5.91 Å². The highest BCUT2D eigenvalue weighted by Gasteiger charge is 2.25. The number of rotatable bonds is 5. The van der Waals surface area contributed by atoms with Crippen molar-refractivity contribution < 1.29 is 31.5 Å². The van der Waals surface area contributed by atoms with E-state index in [-0.39, 0.29) is 5.91 Å². The minimum Gasteiger partial charge on any atom is -0.326 e. The van der Waals surface area contributed by atoms with Crippen molar-refractivity contribution in [3.63, 3.8) is 0 Å². The molecule has 5 nitrogen and oxygen atoms in total. The highest BCUT2D eigenvalue weighted by molar-refractivity contribution is 5.92. The lowest BCUT2D eigenvalue weighted by Crippen LogP contribution is -2.29. The van der Waals surface area contributed by atoms with Crippen LogP contribution in [-0.2, 0) is 9.59 Å². The molecule has 27 heavy (non-hydrogen) atoms. The second kappa shape index (κ2) is 8.30. The largest absolute Gasteiger partial charge is 0.326 e. The van der Waals surface area contributed by atoms with Gasteiger partial charge in [-0.05, 0) is 23.8 Å². The van der Waals surface area contributed by atoms with Gasteiger partial charge in [0, 0.05) is 18.7 Å². The molecule has 2 aromatic carbocycles. The summed E-state index contributed by atoms with van der Waals surface area (Å²) in [6, 6.07) is 6.30. The quantitative estimate of drug-likeness (QED) is 0.243. The molecule has 2 aromatic rings. The SMILES string of the molecule is CC(=O)Nc1ccc(/C=C/C(=O)NNc2c(F)c(F)c(F)c(F)c2F)cc1. The van der Waals surface area contributed by atoms with Crippen LogP contribution in [0.15, 0.2) is 30.3 Å². The average molecular weight is 385 g/mol. The molecule has 0 unspecified atom stereocenters. The zero-order valence-electron chi connectivity index (χ0n) is 13.7. The van der Waals surface area contributed by atoms with Gasteiger partial charge in [0.15, 0.2) is 23.3 Å². The second-order valence-electron chi connectivity index (χ2n) is 5.20. The molecule has 0 aliphatic rings. The summed E-state index contributed by atoms with van der Waals surface area (Å²) in [6.07, 6.45) is 2.29. The van der Waals surface area contributed by atoms with E-state index in [9.17, 15) is 31.5 Å². The van der Waals surface area contributed by atoms with E-state index in [1.807, 2.05) is 0 Å². The Kier molecular flexibility index (Phi) is 6.11. The molecule has 3 N–H and O–H groups in total. The molecule has 0 aliphatic carbocycles.